The molecular weight excluding hydrogens is 336 g/mol. The Morgan fingerprint density at radius 2 is 2.22 bits per heavy atom. The van der Waals surface area contributed by atoms with E-state index in [0.717, 1.165) is 5.56 Å². The smallest absolute Gasteiger partial charge is 0.311 e. The molecule has 0 saturated heterocycles. The highest BCUT2D eigenvalue weighted by Crippen LogP contribution is 2.17. The number of rotatable bonds is 7. The van der Waals surface area contributed by atoms with Crippen LogP contribution in [0.25, 0.3) is 0 Å². The van der Waals surface area contributed by atoms with Gasteiger partial charge in [0.25, 0.3) is 0 Å². The van der Waals surface area contributed by atoms with E-state index in [-0.39, 0.29) is 18.3 Å². The third-order valence-corrected chi connectivity index (χ3v) is 4.00. The molecule has 0 atom stereocenters. The van der Waals surface area contributed by atoms with Gasteiger partial charge in [-0.3, -0.25) is 9.59 Å². The molecule has 0 aliphatic carbocycles. The Morgan fingerprint density at radius 1 is 1.39 bits per heavy atom. The van der Waals surface area contributed by atoms with Crippen molar-refractivity contribution in [3.05, 3.63) is 45.9 Å². The first-order valence-corrected chi connectivity index (χ1v) is 8.47. The molecule has 0 fully saturated rings. The summed E-state index contributed by atoms with van der Waals surface area (Å²) in [4.78, 5) is 27.5. The summed E-state index contributed by atoms with van der Waals surface area (Å²) >= 11 is 7.20. The van der Waals surface area contributed by atoms with Gasteiger partial charge in [-0.15, -0.1) is 11.3 Å². The SMILES string of the molecule is CCOC(=O)Cc1csc(NC(=O)CCc2cccc(Cl)c2)n1. The molecule has 23 heavy (non-hydrogen) atoms. The molecule has 7 heteroatoms. The summed E-state index contributed by atoms with van der Waals surface area (Å²) in [5, 5.41) is 5.62. The monoisotopic (exact) mass is 352 g/mol. The zero-order valence-corrected chi connectivity index (χ0v) is 14.2. The minimum absolute atomic E-state index is 0.114. The summed E-state index contributed by atoms with van der Waals surface area (Å²) in [6, 6.07) is 7.43. The molecule has 0 aliphatic heterocycles. The maximum absolute atomic E-state index is 11.9. The average Bonchev–Trinajstić information content (AvgIpc) is 2.92. The van der Waals surface area contributed by atoms with E-state index >= 15 is 0 Å². The highest BCUT2D eigenvalue weighted by Gasteiger charge is 2.10. The van der Waals surface area contributed by atoms with Crippen LogP contribution >= 0.6 is 22.9 Å². The molecule has 0 bridgehead atoms. The van der Waals surface area contributed by atoms with Gasteiger partial charge in [0.15, 0.2) is 5.13 Å². The Hall–Kier alpha value is -1.92. The van der Waals surface area contributed by atoms with Crippen LogP contribution in [0.4, 0.5) is 5.13 Å². The van der Waals surface area contributed by atoms with Crippen LogP contribution in [0.5, 0.6) is 0 Å². The zero-order chi connectivity index (χ0) is 16.7. The summed E-state index contributed by atoms with van der Waals surface area (Å²) in [6.45, 7) is 2.10. The Labute approximate surface area is 143 Å². The minimum atomic E-state index is -0.323. The number of hydrogen-bond acceptors (Lipinski definition) is 5. The van der Waals surface area contributed by atoms with Crippen LogP contribution in [0, 0.1) is 0 Å². The van der Waals surface area contributed by atoms with Gasteiger partial charge in [-0.25, -0.2) is 4.98 Å². The van der Waals surface area contributed by atoms with Crippen LogP contribution in [-0.2, 0) is 27.2 Å². The number of carbonyl (C=O) groups excluding carboxylic acids is 2. The summed E-state index contributed by atoms with van der Waals surface area (Å²) in [6.07, 6.45) is 1.06. The Balaban J connectivity index is 1.81. The van der Waals surface area contributed by atoms with Gasteiger partial charge in [0, 0.05) is 16.8 Å². The number of amides is 1. The first-order chi connectivity index (χ1) is 11.1. The second kappa shape index (κ2) is 8.64. The van der Waals surface area contributed by atoms with Crippen molar-refractivity contribution >= 4 is 39.9 Å². The molecule has 0 saturated carbocycles. The number of anilines is 1. The molecule has 0 aliphatic rings. The van der Waals surface area contributed by atoms with Gasteiger partial charge in [-0.05, 0) is 31.0 Å². The Bertz CT molecular complexity index is 687. The van der Waals surface area contributed by atoms with Crippen molar-refractivity contribution in [1.82, 2.24) is 4.98 Å². The maximum Gasteiger partial charge on any atom is 0.311 e. The molecule has 0 unspecified atom stereocenters. The lowest BCUT2D eigenvalue weighted by Gasteiger charge is -2.03. The molecule has 2 aromatic rings. The van der Waals surface area contributed by atoms with E-state index in [0.29, 0.717) is 35.3 Å². The van der Waals surface area contributed by atoms with Crippen LogP contribution in [0.15, 0.2) is 29.6 Å². The molecule has 1 amide bonds. The van der Waals surface area contributed by atoms with Gasteiger partial charge in [0.05, 0.1) is 18.7 Å². The molecule has 122 valence electrons. The number of benzene rings is 1. The van der Waals surface area contributed by atoms with E-state index in [1.165, 1.54) is 11.3 Å². The van der Waals surface area contributed by atoms with E-state index in [1.54, 1.807) is 18.4 Å². The fraction of sp³-hybridized carbons (Fsp3) is 0.312. The first kappa shape index (κ1) is 17.4. The Kier molecular flexibility index (Phi) is 6.55. The molecule has 1 N–H and O–H groups in total. The van der Waals surface area contributed by atoms with Crippen molar-refractivity contribution in [3.63, 3.8) is 0 Å². The number of carbonyl (C=O) groups is 2. The van der Waals surface area contributed by atoms with Crippen LogP contribution < -0.4 is 5.32 Å². The normalized spacial score (nSPS) is 10.3. The minimum Gasteiger partial charge on any atom is -0.466 e. The van der Waals surface area contributed by atoms with Gasteiger partial charge in [0.1, 0.15) is 0 Å². The third kappa shape index (κ3) is 6.00. The largest absolute Gasteiger partial charge is 0.466 e. The first-order valence-electron chi connectivity index (χ1n) is 7.21. The quantitative estimate of drug-likeness (QED) is 0.775. The van der Waals surface area contributed by atoms with Crippen LogP contribution in [0.2, 0.25) is 5.02 Å². The summed E-state index contributed by atoms with van der Waals surface area (Å²) in [5.41, 5.74) is 1.60. The number of ether oxygens (including phenoxy) is 1. The van der Waals surface area contributed by atoms with Gasteiger partial charge < -0.3 is 10.1 Å². The van der Waals surface area contributed by atoms with Crippen molar-refractivity contribution in [2.75, 3.05) is 11.9 Å². The van der Waals surface area contributed by atoms with E-state index in [4.69, 9.17) is 16.3 Å². The van der Waals surface area contributed by atoms with Crippen molar-refractivity contribution in [2.45, 2.75) is 26.2 Å². The van der Waals surface area contributed by atoms with Crippen LogP contribution in [0.1, 0.15) is 24.6 Å². The predicted octanol–water partition coefficient (Wildman–Crippen LogP) is 3.47. The van der Waals surface area contributed by atoms with Crippen molar-refractivity contribution < 1.29 is 14.3 Å². The molecule has 0 radical (unpaired) electrons. The standard InChI is InChI=1S/C16H17ClN2O3S/c1-2-22-15(21)9-13-10-23-16(18-13)19-14(20)7-6-11-4-3-5-12(17)8-11/h3-5,8,10H,2,6-7,9H2,1H3,(H,18,19,20). The van der Waals surface area contributed by atoms with Crippen LogP contribution in [-0.4, -0.2) is 23.5 Å². The van der Waals surface area contributed by atoms with E-state index in [9.17, 15) is 9.59 Å². The fourth-order valence-electron chi connectivity index (χ4n) is 1.94. The molecule has 2 rings (SSSR count). The highest BCUT2D eigenvalue weighted by molar-refractivity contribution is 7.13. The molecule has 5 nitrogen and oxygen atoms in total. The van der Waals surface area contributed by atoms with E-state index in [1.807, 2.05) is 18.2 Å². The number of nitrogens with zero attached hydrogens (tertiary/aromatic N) is 1. The lowest BCUT2D eigenvalue weighted by molar-refractivity contribution is -0.142. The number of aromatic nitrogens is 1. The third-order valence-electron chi connectivity index (χ3n) is 2.96. The molecule has 1 aromatic carbocycles. The number of thiazole rings is 1. The zero-order valence-electron chi connectivity index (χ0n) is 12.7. The van der Waals surface area contributed by atoms with Gasteiger partial charge >= 0.3 is 5.97 Å². The lowest BCUT2D eigenvalue weighted by Crippen LogP contribution is -2.12. The second-order valence-electron chi connectivity index (χ2n) is 4.80. The number of halogens is 1. The maximum atomic E-state index is 11.9. The van der Waals surface area contributed by atoms with Crippen molar-refractivity contribution in [3.8, 4) is 0 Å². The topological polar surface area (TPSA) is 68.3 Å². The van der Waals surface area contributed by atoms with Crippen molar-refractivity contribution in [2.24, 2.45) is 0 Å². The summed E-state index contributed by atoms with van der Waals surface area (Å²) in [5.74, 6) is -0.446. The van der Waals surface area contributed by atoms with Gasteiger partial charge in [0.2, 0.25) is 5.91 Å². The number of nitrogens with one attached hydrogen (secondary N) is 1. The number of esters is 1. The summed E-state index contributed by atoms with van der Waals surface area (Å²) in [7, 11) is 0. The molecule has 1 heterocycles. The average molecular weight is 353 g/mol. The number of hydrogen-bond donors (Lipinski definition) is 1. The molecular formula is C16H17ClN2O3S. The predicted molar refractivity (Wildman–Crippen MR) is 90.9 cm³/mol. The van der Waals surface area contributed by atoms with Gasteiger partial charge in [-0.2, -0.15) is 0 Å². The van der Waals surface area contributed by atoms with Crippen LogP contribution in [0.3, 0.4) is 0 Å². The molecule has 1 aromatic heterocycles. The van der Waals surface area contributed by atoms with E-state index < -0.39 is 0 Å². The highest BCUT2D eigenvalue weighted by atomic mass is 35.5. The van der Waals surface area contributed by atoms with Crippen molar-refractivity contribution in [1.29, 1.82) is 0 Å². The van der Waals surface area contributed by atoms with E-state index in [2.05, 4.69) is 10.3 Å². The number of aryl methyl sites for hydroxylation is 1. The Morgan fingerprint density at radius 3 is 2.96 bits per heavy atom. The van der Waals surface area contributed by atoms with Gasteiger partial charge in [-0.1, -0.05) is 23.7 Å². The summed E-state index contributed by atoms with van der Waals surface area (Å²) < 4.78 is 4.86. The fourth-order valence-corrected chi connectivity index (χ4v) is 2.88. The molecule has 0 spiro atoms. The lowest BCUT2D eigenvalue weighted by atomic mass is 10.1. The second-order valence-corrected chi connectivity index (χ2v) is 6.10.